The van der Waals surface area contributed by atoms with E-state index in [9.17, 15) is 4.79 Å². The van der Waals surface area contributed by atoms with Gasteiger partial charge in [-0.1, -0.05) is 0 Å². The van der Waals surface area contributed by atoms with Crippen molar-refractivity contribution in [2.24, 2.45) is 0 Å². The van der Waals surface area contributed by atoms with Gasteiger partial charge in [-0.25, -0.2) is 4.79 Å². The van der Waals surface area contributed by atoms with Crippen LogP contribution in [0.4, 0.5) is 10.5 Å². The maximum Gasteiger partial charge on any atom is 0.407 e. The molecule has 1 aliphatic rings. The summed E-state index contributed by atoms with van der Waals surface area (Å²) in [6.07, 6.45) is 3.75. The molecule has 1 saturated heterocycles. The first-order valence-corrected chi connectivity index (χ1v) is 8.70. The lowest BCUT2D eigenvalue weighted by Crippen LogP contribution is -2.43. The van der Waals surface area contributed by atoms with Crippen LogP contribution in [0.3, 0.4) is 0 Å². The number of carbonyl (C=O) groups excluding carboxylic acids is 1. The SMILES string of the molecule is Cc1ccc(NC2CCN(CCNC(=O)OC(C)(C)C)CC2)cn1. The molecule has 1 aromatic rings. The molecule has 0 atom stereocenters. The van der Waals surface area contributed by atoms with Gasteiger partial charge < -0.3 is 20.3 Å². The number of hydrogen-bond donors (Lipinski definition) is 2. The van der Waals surface area contributed by atoms with Gasteiger partial charge in [-0.2, -0.15) is 0 Å². The van der Waals surface area contributed by atoms with E-state index in [1.807, 2.05) is 40.0 Å². The minimum atomic E-state index is -0.446. The van der Waals surface area contributed by atoms with Crippen LogP contribution < -0.4 is 10.6 Å². The number of aromatic nitrogens is 1. The van der Waals surface area contributed by atoms with Crippen molar-refractivity contribution in [3.05, 3.63) is 24.0 Å². The lowest BCUT2D eigenvalue weighted by molar-refractivity contribution is 0.0520. The third kappa shape index (κ3) is 6.74. The minimum absolute atomic E-state index is 0.342. The number of nitrogens with zero attached hydrogens (tertiary/aromatic N) is 2. The molecule has 2 rings (SSSR count). The number of pyridine rings is 1. The Morgan fingerprint density at radius 1 is 1.33 bits per heavy atom. The van der Waals surface area contributed by atoms with Crippen LogP contribution in [-0.4, -0.2) is 53.8 Å². The second-order valence-corrected chi connectivity index (χ2v) is 7.38. The first-order valence-electron chi connectivity index (χ1n) is 8.70. The molecule has 24 heavy (non-hydrogen) atoms. The molecule has 2 N–H and O–H groups in total. The quantitative estimate of drug-likeness (QED) is 0.867. The van der Waals surface area contributed by atoms with Gasteiger partial charge in [0.05, 0.1) is 11.9 Å². The van der Waals surface area contributed by atoms with Crippen LogP contribution in [0.1, 0.15) is 39.3 Å². The standard InChI is InChI=1S/C18H30N4O2/c1-14-5-6-16(13-20-14)21-15-7-10-22(11-8-15)12-9-19-17(23)24-18(2,3)4/h5-6,13,15,21H,7-12H2,1-4H3,(H,19,23). The van der Waals surface area contributed by atoms with Crippen molar-refractivity contribution in [1.82, 2.24) is 15.2 Å². The van der Waals surface area contributed by atoms with Gasteiger partial charge in [-0.3, -0.25) is 4.98 Å². The van der Waals surface area contributed by atoms with Gasteiger partial charge in [-0.05, 0) is 52.7 Å². The molecule has 1 amide bonds. The van der Waals surface area contributed by atoms with Crippen LogP contribution >= 0.6 is 0 Å². The summed E-state index contributed by atoms with van der Waals surface area (Å²) in [6.45, 7) is 11.1. The number of rotatable bonds is 5. The number of carbonyl (C=O) groups is 1. The van der Waals surface area contributed by atoms with E-state index in [-0.39, 0.29) is 6.09 Å². The van der Waals surface area contributed by atoms with Gasteiger partial charge in [-0.15, -0.1) is 0 Å². The Morgan fingerprint density at radius 3 is 2.62 bits per heavy atom. The number of amides is 1. The van der Waals surface area contributed by atoms with E-state index in [0.29, 0.717) is 12.6 Å². The molecule has 1 aromatic heterocycles. The van der Waals surface area contributed by atoms with Gasteiger partial charge in [0.2, 0.25) is 0 Å². The molecule has 0 unspecified atom stereocenters. The zero-order valence-corrected chi connectivity index (χ0v) is 15.3. The fourth-order valence-electron chi connectivity index (χ4n) is 2.72. The van der Waals surface area contributed by atoms with Crippen LogP contribution in [0.5, 0.6) is 0 Å². The number of hydrogen-bond acceptors (Lipinski definition) is 5. The van der Waals surface area contributed by atoms with Crippen molar-refractivity contribution in [3.8, 4) is 0 Å². The molecule has 0 aliphatic carbocycles. The number of ether oxygens (including phenoxy) is 1. The van der Waals surface area contributed by atoms with Crippen molar-refractivity contribution in [2.75, 3.05) is 31.5 Å². The van der Waals surface area contributed by atoms with Gasteiger partial charge in [0, 0.05) is 37.9 Å². The van der Waals surface area contributed by atoms with Gasteiger partial charge >= 0.3 is 6.09 Å². The lowest BCUT2D eigenvalue weighted by Gasteiger charge is -2.32. The Bertz CT molecular complexity index is 517. The van der Waals surface area contributed by atoms with E-state index in [4.69, 9.17) is 4.74 Å². The molecule has 2 heterocycles. The highest BCUT2D eigenvalue weighted by molar-refractivity contribution is 5.67. The molecule has 0 spiro atoms. The normalized spacial score (nSPS) is 16.7. The molecular formula is C18H30N4O2. The van der Waals surface area contributed by atoms with Gasteiger partial charge in [0.25, 0.3) is 0 Å². The van der Waals surface area contributed by atoms with Crippen molar-refractivity contribution in [3.63, 3.8) is 0 Å². The van der Waals surface area contributed by atoms with Crippen molar-refractivity contribution < 1.29 is 9.53 Å². The Labute approximate surface area is 145 Å². The number of likely N-dealkylation sites (tertiary alicyclic amines) is 1. The predicted octanol–water partition coefficient (Wildman–Crippen LogP) is 2.79. The number of aryl methyl sites for hydroxylation is 1. The fourth-order valence-corrected chi connectivity index (χ4v) is 2.72. The van der Waals surface area contributed by atoms with E-state index in [0.717, 1.165) is 43.9 Å². The predicted molar refractivity (Wildman–Crippen MR) is 96.3 cm³/mol. The van der Waals surface area contributed by atoms with Crippen LogP contribution in [0.25, 0.3) is 0 Å². The lowest BCUT2D eigenvalue weighted by atomic mass is 10.0. The largest absolute Gasteiger partial charge is 0.444 e. The Morgan fingerprint density at radius 2 is 2.04 bits per heavy atom. The molecular weight excluding hydrogens is 304 g/mol. The van der Waals surface area contributed by atoms with E-state index >= 15 is 0 Å². The highest BCUT2D eigenvalue weighted by Gasteiger charge is 2.20. The number of nitrogens with one attached hydrogen (secondary N) is 2. The van der Waals surface area contributed by atoms with E-state index in [1.165, 1.54) is 0 Å². The Kier molecular flexibility index (Phi) is 6.43. The number of alkyl carbamates (subject to hydrolysis) is 1. The summed E-state index contributed by atoms with van der Waals surface area (Å²) in [5, 5.41) is 6.37. The molecule has 6 heteroatoms. The van der Waals surface area contributed by atoms with Crippen molar-refractivity contribution >= 4 is 11.8 Å². The molecule has 134 valence electrons. The molecule has 0 radical (unpaired) electrons. The topological polar surface area (TPSA) is 66.5 Å². The summed E-state index contributed by atoms with van der Waals surface area (Å²) in [4.78, 5) is 18.3. The van der Waals surface area contributed by atoms with E-state index in [1.54, 1.807) is 0 Å². The molecule has 1 aliphatic heterocycles. The fraction of sp³-hybridized carbons (Fsp3) is 0.667. The van der Waals surface area contributed by atoms with Crippen molar-refractivity contribution in [1.29, 1.82) is 0 Å². The van der Waals surface area contributed by atoms with Crippen molar-refractivity contribution in [2.45, 2.75) is 52.2 Å². The summed E-state index contributed by atoms with van der Waals surface area (Å²) < 4.78 is 5.23. The number of piperidine rings is 1. The third-order valence-electron chi connectivity index (χ3n) is 3.97. The monoisotopic (exact) mass is 334 g/mol. The maximum atomic E-state index is 11.6. The summed E-state index contributed by atoms with van der Waals surface area (Å²) >= 11 is 0. The number of anilines is 1. The molecule has 0 bridgehead atoms. The first kappa shape index (κ1) is 18.5. The second kappa shape index (κ2) is 8.33. The first-order chi connectivity index (χ1) is 11.3. The summed E-state index contributed by atoms with van der Waals surface area (Å²) in [6, 6.07) is 4.60. The van der Waals surface area contributed by atoms with Crippen LogP contribution in [0.15, 0.2) is 18.3 Å². The Balaban J connectivity index is 1.62. The van der Waals surface area contributed by atoms with E-state index < -0.39 is 5.60 Å². The Hall–Kier alpha value is -1.82. The van der Waals surface area contributed by atoms with Crippen LogP contribution in [-0.2, 0) is 4.74 Å². The van der Waals surface area contributed by atoms with Gasteiger partial charge in [0.1, 0.15) is 5.60 Å². The van der Waals surface area contributed by atoms with Crippen LogP contribution in [0, 0.1) is 6.92 Å². The molecule has 0 aromatic carbocycles. The molecule has 1 fully saturated rings. The molecule has 6 nitrogen and oxygen atoms in total. The minimum Gasteiger partial charge on any atom is -0.444 e. The maximum absolute atomic E-state index is 11.6. The average Bonchev–Trinajstić information content (AvgIpc) is 2.49. The highest BCUT2D eigenvalue weighted by atomic mass is 16.6. The summed E-state index contributed by atoms with van der Waals surface area (Å²) in [5.74, 6) is 0. The third-order valence-corrected chi connectivity index (χ3v) is 3.97. The average molecular weight is 334 g/mol. The van der Waals surface area contributed by atoms with Crippen LogP contribution in [0.2, 0.25) is 0 Å². The summed E-state index contributed by atoms with van der Waals surface area (Å²) in [5.41, 5.74) is 1.68. The smallest absolute Gasteiger partial charge is 0.407 e. The zero-order chi connectivity index (χ0) is 17.6. The highest BCUT2D eigenvalue weighted by Crippen LogP contribution is 2.16. The van der Waals surface area contributed by atoms with E-state index in [2.05, 4.69) is 26.6 Å². The zero-order valence-electron chi connectivity index (χ0n) is 15.3. The van der Waals surface area contributed by atoms with Gasteiger partial charge in [0.15, 0.2) is 0 Å². The second-order valence-electron chi connectivity index (χ2n) is 7.38. The summed E-state index contributed by atoms with van der Waals surface area (Å²) in [7, 11) is 0. The molecule has 0 saturated carbocycles.